The summed E-state index contributed by atoms with van der Waals surface area (Å²) in [6.07, 6.45) is 0. The Kier molecular flexibility index (Phi) is 5.95. The van der Waals surface area contributed by atoms with Crippen molar-refractivity contribution in [2.45, 2.75) is 13.5 Å². The molecule has 0 bridgehead atoms. The molecule has 0 N–H and O–H groups in total. The van der Waals surface area contributed by atoms with Crippen molar-refractivity contribution in [1.82, 2.24) is 14.3 Å². The van der Waals surface area contributed by atoms with Gasteiger partial charge < -0.3 is 9.64 Å². The van der Waals surface area contributed by atoms with E-state index in [0.717, 1.165) is 55.3 Å². The third-order valence-corrected chi connectivity index (χ3v) is 6.30. The molecule has 0 saturated carbocycles. The smallest absolute Gasteiger partial charge is 0.157 e. The molecular weight excluding hydrogens is 417 g/mol. The molecule has 0 radical (unpaired) electrons. The normalized spacial score (nSPS) is 14.6. The van der Waals surface area contributed by atoms with Gasteiger partial charge in [0.15, 0.2) is 5.65 Å². The third-order valence-electron chi connectivity index (χ3n) is 6.30. The minimum atomic E-state index is -0.217. The standard InChI is InChI=1S/C26H26FN5O/c1-19-16-25(32-24-9-5-4-8-23(24)29-26(32)21(19)17-28)31(11-10-30-12-14-33-15-13-30)18-20-6-2-3-7-22(20)27/h2-9,16H,10-15,18H2,1H3. The van der Waals surface area contributed by atoms with E-state index in [-0.39, 0.29) is 5.82 Å². The molecule has 1 aliphatic rings. The lowest BCUT2D eigenvalue weighted by molar-refractivity contribution is 0.0391. The van der Waals surface area contributed by atoms with Crippen LogP contribution in [0.3, 0.4) is 0 Å². The predicted octanol–water partition coefficient (Wildman–Crippen LogP) is 4.15. The van der Waals surface area contributed by atoms with Crippen molar-refractivity contribution in [3.8, 4) is 6.07 Å². The van der Waals surface area contributed by atoms with Crippen LogP contribution in [0.25, 0.3) is 16.7 Å². The molecule has 0 aliphatic carbocycles. The zero-order chi connectivity index (χ0) is 22.8. The number of nitriles is 1. The van der Waals surface area contributed by atoms with Crippen molar-refractivity contribution in [2.24, 2.45) is 0 Å². The van der Waals surface area contributed by atoms with Crippen LogP contribution >= 0.6 is 0 Å². The number of pyridine rings is 1. The first kappa shape index (κ1) is 21.4. The summed E-state index contributed by atoms with van der Waals surface area (Å²) in [7, 11) is 0. The molecule has 0 unspecified atom stereocenters. The van der Waals surface area contributed by atoms with E-state index in [1.54, 1.807) is 6.07 Å². The molecule has 0 atom stereocenters. The number of anilines is 1. The fourth-order valence-electron chi connectivity index (χ4n) is 4.50. The second kappa shape index (κ2) is 9.18. The summed E-state index contributed by atoms with van der Waals surface area (Å²) in [5.74, 6) is 0.692. The molecule has 2 aromatic heterocycles. The van der Waals surface area contributed by atoms with Gasteiger partial charge in [0, 0.05) is 38.3 Å². The number of hydrogen-bond donors (Lipinski definition) is 0. The minimum Gasteiger partial charge on any atom is -0.379 e. The molecule has 0 amide bonds. The van der Waals surface area contributed by atoms with Crippen LogP contribution in [0.15, 0.2) is 54.6 Å². The van der Waals surface area contributed by atoms with Gasteiger partial charge in [-0.1, -0.05) is 30.3 Å². The zero-order valence-electron chi connectivity index (χ0n) is 18.7. The summed E-state index contributed by atoms with van der Waals surface area (Å²) < 4.78 is 22.2. The molecule has 3 heterocycles. The van der Waals surface area contributed by atoms with Crippen molar-refractivity contribution in [1.29, 1.82) is 5.26 Å². The average molecular weight is 444 g/mol. The lowest BCUT2D eigenvalue weighted by Gasteiger charge is -2.32. The molecule has 5 rings (SSSR count). The number of aromatic nitrogens is 2. The zero-order valence-corrected chi connectivity index (χ0v) is 18.7. The molecule has 4 aromatic rings. The Morgan fingerprint density at radius 2 is 1.88 bits per heavy atom. The number of ether oxygens (including phenoxy) is 1. The third kappa shape index (κ3) is 4.15. The predicted molar refractivity (Wildman–Crippen MR) is 127 cm³/mol. The monoisotopic (exact) mass is 443 g/mol. The van der Waals surface area contributed by atoms with E-state index in [1.165, 1.54) is 6.07 Å². The van der Waals surface area contributed by atoms with Crippen LogP contribution in [0.4, 0.5) is 10.2 Å². The van der Waals surface area contributed by atoms with Crippen molar-refractivity contribution >= 4 is 22.5 Å². The van der Waals surface area contributed by atoms with Crippen LogP contribution in [0.5, 0.6) is 0 Å². The lowest BCUT2D eigenvalue weighted by atomic mass is 10.1. The number of hydrogen-bond acceptors (Lipinski definition) is 5. The van der Waals surface area contributed by atoms with Gasteiger partial charge in [0.1, 0.15) is 17.7 Å². The van der Waals surface area contributed by atoms with Crippen LogP contribution in [0.1, 0.15) is 16.7 Å². The Balaban J connectivity index is 1.63. The largest absolute Gasteiger partial charge is 0.379 e. The van der Waals surface area contributed by atoms with Crippen LogP contribution in [-0.4, -0.2) is 53.7 Å². The van der Waals surface area contributed by atoms with Gasteiger partial charge in [0.05, 0.1) is 29.8 Å². The number of imidazole rings is 1. The molecular formula is C26H26FN5O. The maximum absolute atomic E-state index is 14.6. The molecule has 7 heteroatoms. The summed E-state index contributed by atoms with van der Waals surface area (Å²) in [4.78, 5) is 9.35. The van der Waals surface area contributed by atoms with Gasteiger partial charge in [-0.3, -0.25) is 9.30 Å². The molecule has 1 aliphatic heterocycles. The number of rotatable bonds is 6. The average Bonchev–Trinajstić information content (AvgIpc) is 3.22. The second-order valence-electron chi connectivity index (χ2n) is 8.40. The van der Waals surface area contributed by atoms with Crippen LogP contribution in [-0.2, 0) is 11.3 Å². The quantitative estimate of drug-likeness (QED) is 0.448. The van der Waals surface area contributed by atoms with Gasteiger partial charge in [-0.25, -0.2) is 9.37 Å². The number of nitrogens with zero attached hydrogens (tertiary/aromatic N) is 5. The van der Waals surface area contributed by atoms with Crippen molar-refractivity contribution in [3.63, 3.8) is 0 Å². The van der Waals surface area contributed by atoms with Crippen LogP contribution in [0, 0.1) is 24.1 Å². The Morgan fingerprint density at radius 1 is 1.12 bits per heavy atom. The summed E-state index contributed by atoms with van der Waals surface area (Å²) in [6.45, 7) is 7.16. The van der Waals surface area contributed by atoms with Crippen molar-refractivity contribution < 1.29 is 9.13 Å². The maximum Gasteiger partial charge on any atom is 0.157 e. The Bertz CT molecular complexity index is 1340. The Morgan fingerprint density at radius 3 is 2.67 bits per heavy atom. The van der Waals surface area contributed by atoms with Gasteiger partial charge >= 0.3 is 0 Å². The fourth-order valence-corrected chi connectivity index (χ4v) is 4.50. The van der Waals surface area contributed by atoms with Crippen molar-refractivity contribution in [3.05, 3.63) is 77.1 Å². The second-order valence-corrected chi connectivity index (χ2v) is 8.40. The first-order valence-electron chi connectivity index (χ1n) is 11.2. The summed E-state index contributed by atoms with van der Waals surface area (Å²) in [5, 5.41) is 9.83. The topological polar surface area (TPSA) is 56.8 Å². The van der Waals surface area contributed by atoms with E-state index < -0.39 is 0 Å². The van der Waals surface area contributed by atoms with E-state index >= 15 is 0 Å². The first-order chi connectivity index (χ1) is 16.2. The van der Waals surface area contributed by atoms with E-state index in [1.807, 2.05) is 53.8 Å². The van der Waals surface area contributed by atoms with Gasteiger partial charge in [0.2, 0.25) is 0 Å². The molecule has 1 fully saturated rings. The highest BCUT2D eigenvalue weighted by Gasteiger charge is 2.21. The molecule has 0 spiro atoms. The lowest BCUT2D eigenvalue weighted by Crippen LogP contribution is -2.41. The number of morpholine rings is 1. The minimum absolute atomic E-state index is 0.217. The summed E-state index contributed by atoms with van der Waals surface area (Å²) >= 11 is 0. The number of halogens is 1. The van der Waals surface area contributed by atoms with Crippen LogP contribution in [0.2, 0.25) is 0 Å². The molecule has 2 aromatic carbocycles. The highest BCUT2D eigenvalue weighted by atomic mass is 19.1. The number of para-hydroxylation sites is 2. The molecule has 168 valence electrons. The number of fused-ring (bicyclic) bond motifs is 3. The van der Waals surface area contributed by atoms with Gasteiger partial charge in [-0.2, -0.15) is 5.26 Å². The van der Waals surface area contributed by atoms with Gasteiger partial charge in [-0.05, 0) is 36.8 Å². The molecule has 1 saturated heterocycles. The summed E-state index contributed by atoms with van der Waals surface area (Å²) in [5.41, 5.74) is 4.47. The van der Waals surface area contributed by atoms with Crippen LogP contribution < -0.4 is 4.90 Å². The summed E-state index contributed by atoms with van der Waals surface area (Å²) in [6, 6.07) is 19.2. The van der Waals surface area contributed by atoms with Gasteiger partial charge in [-0.15, -0.1) is 0 Å². The highest BCUT2D eigenvalue weighted by Crippen LogP contribution is 2.30. The van der Waals surface area contributed by atoms with Gasteiger partial charge in [0.25, 0.3) is 0 Å². The number of benzene rings is 2. The Labute approximate surface area is 192 Å². The maximum atomic E-state index is 14.6. The van der Waals surface area contributed by atoms with E-state index in [0.29, 0.717) is 29.9 Å². The highest BCUT2D eigenvalue weighted by molar-refractivity contribution is 5.85. The Hall–Kier alpha value is -3.47. The first-order valence-corrected chi connectivity index (χ1v) is 11.2. The number of aryl methyl sites for hydroxylation is 1. The fraction of sp³-hybridized carbons (Fsp3) is 0.308. The molecule has 6 nitrogen and oxygen atoms in total. The van der Waals surface area contributed by atoms with E-state index in [2.05, 4.69) is 15.9 Å². The van der Waals surface area contributed by atoms with E-state index in [4.69, 9.17) is 9.72 Å². The molecule has 33 heavy (non-hydrogen) atoms. The van der Waals surface area contributed by atoms with E-state index in [9.17, 15) is 9.65 Å². The van der Waals surface area contributed by atoms with Crippen molar-refractivity contribution in [2.75, 3.05) is 44.3 Å². The SMILES string of the molecule is Cc1cc(N(CCN2CCOCC2)Cc2ccccc2F)n2c(nc3ccccc32)c1C#N.